The summed E-state index contributed by atoms with van der Waals surface area (Å²) in [6.45, 7) is 6.19. The molecule has 1 unspecified atom stereocenters. The van der Waals surface area contributed by atoms with Crippen LogP contribution in [-0.4, -0.2) is 24.1 Å². The van der Waals surface area contributed by atoms with Crippen molar-refractivity contribution in [2.24, 2.45) is 16.8 Å². The maximum Gasteiger partial charge on any atom is 0.315 e. The molecule has 0 amide bonds. The fourth-order valence-electron chi connectivity index (χ4n) is 4.72. The third kappa shape index (κ3) is 4.56. The first-order valence-electron chi connectivity index (χ1n) is 11.1. The van der Waals surface area contributed by atoms with Gasteiger partial charge in [-0.3, -0.25) is 14.6 Å². The van der Waals surface area contributed by atoms with Crippen LogP contribution >= 0.6 is 11.6 Å². The Morgan fingerprint density at radius 1 is 1.09 bits per heavy atom. The summed E-state index contributed by atoms with van der Waals surface area (Å²) in [5, 5.41) is 0.574. The number of esters is 1. The molecule has 166 valence electrons. The first-order chi connectivity index (χ1) is 15.3. The average molecular weight is 450 g/mol. The van der Waals surface area contributed by atoms with Crippen molar-refractivity contribution in [2.75, 3.05) is 6.61 Å². The van der Waals surface area contributed by atoms with Gasteiger partial charge in [-0.2, -0.15) is 0 Å². The van der Waals surface area contributed by atoms with Crippen LogP contribution < -0.4 is 0 Å². The number of allylic oxidation sites excluding steroid dienone is 2. The molecule has 0 radical (unpaired) electrons. The number of aliphatic imine (C=N–C) groups is 1. The largest absolute Gasteiger partial charge is 0.465 e. The summed E-state index contributed by atoms with van der Waals surface area (Å²) in [4.78, 5) is 31.5. The minimum atomic E-state index is -0.636. The standard InChI is InChI=1S/C27H28ClNO3/c1-16(2)15-32-27(31)24-17(3)29-22-13-20(18-8-5-4-6-9-18)14-23(30)26(22)25(24)19-10-7-11-21(28)12-19/h4-12,16,20,24-25H,13-15H2,1-3H3/t20-,24?,25+/m1/s1. The Morgan fingerprint density at radius 3 is 2.50 bits per heavy atom. The van der Waals surface area contributed by atoms with Gasteiger partial charge in [0, 0.05) is 34.3 Å². The zero-order valence-corrected chi connectivity index (χ0v) is 19.4. The second-order valence-corrected chi connectivity index (χ2v) is 9.52. The van der Waals surface area contributed by atoms with Crippen LogP contribution in [0.2, 0.25) is 5.02 Å². The summed E-state index contributed by atoms with van der Waals surface area (Å²) < 4.78 is 5.61. The smallest absolute Gasteiger partial charge is 0.315 e. The third-order valence-corrected chi connectivity index (χ3v) is 6.42. The molecule has 1 heterocycles. The number of Topliss-reactive ketones (excluding diaryl/α,β-unsaturated/α-hetero) is 1. The second kappa shape index (κ2) is 9.41. The van der Waals surface area contributed by atoms with Crippen molar-refractivity contribution in [3.8, 4) is 0 Å². The molecular formula is C27H28ClNO3. The van der Waals surface area contributed by atoms with Gasteiger partial charge in [0.25, 0.3) is 0 Å². The van der Waals surface area contributed by atoms with Gasteiger partial charge in [0.15, 0.2) is 5.78 Å². The first kappa shape index (κ1) is 22.5. The molecule has 0 bridgehead atoms. The third-order valence-electron chi connectivity index (χ3n) is 6.18. The summed E-state index contributed by atoms with van der Waals surface area (Å²) in [7, 11) is 0. The summed E-state index contributed by atoms with van der Waals surface area (Å²) in [5.41, 5.74) is 4.08. The Bertz CT molecular complexity index is 1090. The lowest BCUT2D eigenvalue weighted by atomic mass is 9.69. The van der Waals surface area contributed by atoms with E-state index in [0.717, 1.165) is 16.8 Å². The number of carbonyl (C=O) groups is 2. The van der Waals surface area contributed by atoms with E-state index in [4.69, 9.17) is 21.3 Å². The van der Waals surface area contributed by atoms with E-state index in [9.17, 15) is 9.59 Å². The highest BCUT2D eigenvalue weighted by molar-refractivity contribution is 6.30. The van der Waals surface area contributed by atoms with Crippen molar-refractivity contribution in [3.63, 3.8) is 0 Å². The first-order valence-corrected chi connectivity index (χ1v) is 11.5. The van der Waals surface area contributed by atoms with Crippen LogP contribution in [0.3, 0.4) is 0 Å². The Kier molecular flexibility index (Phi) is 6.61. The second-order valence-electron chi connectivity index (χ2n) is 9.09. The molecule has 2 aliphatic rings. The topological polar surface area (TPSA) is 55.7 Å². The molecule has 0 N–H and O–H groups in total. The molecule has 4 nitrogen and oxygen atoms in total. The maximum absolute atomic E-state index is 13.5. The molecule has 5 heteroatoms. The number of benzene rings is 2. The van der Waals surface area contributed by atoms with E-state index in [1.165, 1.54) is 0 Å². The molecule has 2 aromatic carbocycles. The molecular weight excluding hydrogens is 422 g/mol. The minimum absolute atomic E-state index is 0.0444. The predicted molar refractivity (Wildman–Crippen MR) is 127 cm³/mol. The van der Waals surface area contributed by atoms with Gasteiger partial charge < -0.3 is 4.74 Å². The van der Waals surface area contributed by atoms with Gasteiger partial charge >= 0.3 is 5.97 Å². The molecule has 0 saturated heterocycles. The number of carbonyl (C=O) groups excluding carboxylic acids is 2. The van der Waals surface area contributed by atoms with Gasteiger partial charge in [0.2, 0.25) is 0 Å². The molecule has 32 heavy (non-hydrogen) atoms. The van der Waals surface area contributed by atoms with Gasteiger partial charge in [-0.25, -0.2) is 0 Å². The van der Waals surface area contributed by atoms with E-state index in [2.05, 4.69) is 12.1 Å². The summed E-state index contributed by atoms with van der Waals surface area (Å²) in [5.74, 6) is -1.06. The van der Waals surface area contributed by atoms with Crippen molar-refractivity contribution in [2.45, 2.75) is 45.4 Å². The van der Waals surface area contributed by atoms with E-state index in [0.29, 0.717) is 35.8 Å². The Hall–Kier alpha value is -2.72. The molecule has 0 aromatic heterocycles. The van der Waals surface area contributed by atoms with Gasteiger partial charge in [0.05, 0.1) is 6.61 Å². The molecule has 1 aliphatic heterocycles. The fourth-order valence-corrected chi connectivity index (χ4v) is 4.92. The fraction of sp³-hybridized carbons (Fsp3) is 0.370. The molecule has 0 fully saturated rings. The molecule has 3 atom stereocenters. The van der Waals surface area contributed by atoms with E-state index in [1.807, 2.05) is 57.2 Å². The molecule has 1 aliphatic carbocycles. The van der Waals surface area contributed by atoms with E-state index < -0.39 is 11.8 Å². The molecule has 4 rings (SSSR count). The van der Waals surface area contributed by atoms with E-state index in [-0.39, 0.29) is 23.6 Å². The molecule has 2 aromatic rings. The Labute approximate surface area is 194 Å². The van der Waals surface area contributed by atoms with Gasteiger partial charge in [-0.05, 0) is 48.4 Å². The SMILES string of the molecule is CC1=NC2=C(C(=O)C[C@H](c3ccccc3)C2)[C@@H](c2cccc(Cl)c2)C1C(=O)OCC(C)C. The minimum Gasteiger partial charge on any atom is -0.465 e. The Balaban J connectivity index is 1.77. The van der Waals surface area contributed by atoms with Crippen LogP contribution in [0, 0.1) is 11.8 Å². The monoisotopic (exact) mass is 449 g/mol. The zero-order chi connectivity index (χ0) is 22.8. The quantitative estimate of drug-likeness (QED) is 0.517. The van der Waals surface area contributed by atoms with Crippen LogP contribution in [0.15, 0.2) is 70.9 Å². The van der Waals surface area contributed by atoms with Crippen molar-refractivity contribution in [1.82, 2.24) is 0 Å². The predicted octanol–water partition coefficient (Wildman–Crippen LogP) is 6.11. The zero-order valence-electron chi connectivity index (χ0n) is 18.7. The number of hydrogen-bond donors (Lipinski definition) is 0. The number of hydrogen-bond acceptors (Lipinski definition) is 4. The van der Waals surface area contributed by atoms with Crippen molar-refractivity contribution in [1.29, 1.82) is 0 Å². The number of rotatable bonds is 5. The van der Waals surface area contributed by atoms with Crippen LogP contribution in [0.1, 0.15) is 56.6 Å². The normalized spacial score (nSPS) is 23.1. The number of halogens is 1. The Morgan fingerprint density at radius 2 is 1.81 bits per heavy atom. The van der Waals surface area contributed by atoms with Crippen molar-refractivity contribution >= 4 is 29.1 Å². The number of ether oxygens (including phenoxy) is 1. The molecule has 0 saturated carbocycles. The van der Waals surface area contributed by atoms with E-state index >= 15 is 0 Å². The highest BCUT2D eigenvalue weighted by Crippen LogP contribution is 2.47. The number of ketones is 1. The summed E-state index contributed by atoms with van der Waals surface area (Å²) in [6, 6.07) is 17.5. The summed E-state index contributed by atoms with van der Waals surface area (Å²) >= 11 is 6.30. The van der Waals surface area contributed by atoms with Crippen LogP contribution in [0.4, 0.5) is 0 Å². The molecule has 0 spiro atoms. The highest BCUT2D eigenvalue weighted by atomic mass is 35.5. The summed E-state index contributed by atoms with van der Waals surface area (Å²) in [6.07, 6.45) is 1.08. The lowest BCUT2D eigenvalue weighted by Gasteiger charge is -2.36. The lowest BCUT2D eigenvalue weighted by Crippen LogP contribution is -2.38. The highest BCUT2D eigenvalue weighted by Gasteiger charge is 2.44. The number of nitrogens with zero attached hydrogens (tertiary/aromatic N) is 1. The van der Waals surface area contributed by atoms with Crippen LogP contribution in [0.5, 0.6) is 0 Å². The van der Waals surface area contributed by atoms with Crippen molar-refractivity contribution in [3.05, 3.63) is 82.0 Å². The van der Waals surface area contributed by atoms with Gasteiger partial charge in [0.1, 0.15) is 5.92 Å². The van der Waals surface area contributed by atoms with Crippen molar-refractivity contribution < 1.29 is 14.3 Å². The van der Waals surface area contributed by atoms with Crippen LogP contribution in [-0.2, 0) is 14.3 Å². The van der Waals surface area contributed by atoms with Gasteiger partial charge in [-0.15, -0.1) is 0 Å². The maximum atomic E-state index is 13.5. The average Bonchev–Trinajstić information content (AvgIpc) is 2.77. The van der Waals surface area contributed by atoms with E-state index in [1.54, 1.807) is 6.07 Å². The van der Waals surface area contributed by atoms with Gasteiger partial charge in [-0.1, -0.05) is 67.9 Å². The van der Waals surface area contributed by atoms with Crippen LogP contribution in [0.25, 0.3) is 0 Å². The lowest BCUT2D eigenvalue weighted by molar-refractivity contribution is -0.147.